The van der Waals surface area contributed by atoms with Gasteiger partial charge in [-0.15, -0.1) is 5.10 Å². The van der Waals surface area contributed by atoms with E-state index in [1.165, 1.54) is 6.33 Å². The number of aromatic nitrogens is 5. The molecule has 0 saturated heterocycles. The van der Waals surface area contributed by atoms with Gasteiger partial charge in [0, 0.05) is 6.42 Å². The number of hydrogen-bond acceptors (Lipinski definition) is 6. The Hall–Kier alpha value is -3.03. The molecule has 1 atom stereocenters. The third-order valence-electron chi connectivity index (χ3n) is 3.65. The first kappa shape index (κ1) is 16.8. The van der Waals surface area contributed by atoms with Crippen molar-refractivity contribution in [3.63, 3.8) is 0 Å². The van der Waals surface area contributed by atoms with E-state index in [4.69, 9.17) is 4.52 Å². The molecule has 1 amide bonds. The first-order chi connectivity index (χ1) is 11.9. The summed E-state index contributed by atoms with van der Waals surface area (Å²) in [6, 6.07) is 9.30. The second-order valence-electron chi connectivity index (χ2n) is 6.68. The maximum absolute atomic E-state index is 12.5. The van der Waals surface area contributed by atoms with Gasteiger partial charge in [-0.2, -0.15) is 4.98 Å². The lowest BCUT2D eigenvalue weighted by atomic mass is 10.1. The fourth-order valence-corrected chi connectivity index (χ4v) is 2.30. The predicted octanol–water partition coefficient (Wildman–Crippen LogP) is 2.13. The Kier molecular flexibility index (Phi) is 4.60. The first-order valence-corrected chi connectivity index (χ1v) is 7.97. The second-order valence-corrected chi connectivity index (χ2v) is 6.68. The molecule has 0 spiro atoms. The highest BCUT2D eigenvalue weighted by atomic mass is 16.5. The van der Waals surface area contributed by atoms with E-state index in [0.717, 1.165) is 5.56 Å². The molecule has 2 heterocycles. The predicted molar refractivity (Wildman–Crippen MR) is 89.7 cm³/mol. The van der Waals surface area contributed by atoms with E-state index in [1.807, 2.05) is 51.1 Å². The van der Waals surface area contributed by atoms with E-state index in [1.54, 1.807) is 11.0 Å². The Bertz CT molecular complexity index is 820. The minimum atomic E-state index is -0.459. The number of rotatable bonds is 5. The van der Waals surface area contributed by atoms with Crippen LogP contribution in [0.15, 0.2) is 47.5 Å². The highest BCUT2D eigenvalue weighted by molar-refractivity contribution is 5.90. The molecular weight excluding hydrogens is 320 g/mol. The highest BCUT2D eigenvalue weighted by Crippen LogP contribution is 2.17. The molecule has 130 valence electrons. The number of nitrogens with zero attached hydrogens (tertiary/aromatic N) is 5. The summed E-state index contributed by atoms with van der Waals surface area (Å²) in [7, 11) is 0. The summed E-state index contributed by atoms with van der Waals surface area (Å²) in [5, 5.41) is 10.8. The Labute approximate surface area is 145 Å². The Balaban J connectivity index is 1.78. The van der Waals surface area contributed by atoms with Crippen LogP contribution < -0.4 is 5.32 Å². The lowest BCUT2D eigenvalue weighted by molar-refractivity contribution is 0.0916. The van der Waals surface area contributed by atoms with Crippen LogP contribution in [0.4, 0.5) is 0 Å². The lowest BCUT2D eigenvalue weighted by Gasteiger charge is -2.17. The quantitative estimate of drug-likeness (QED) is 0.764. The molecule has 0 radical (unpaired) electrons. The lowest BCUT2D eigenvalue weighted by Crippen LogP contribution is -2.31. The summed E-state index contributed by atoms with van der Waals surface area (Å²) in [5.41, 5.74) is 0.792. The van der Waals surface area contributed by atoms with Crippen molar-refractivity contribution in [1.82, 2.24) is 30.2 Å². The van der Waals surface area contributed by atoms with Gasteiger partial charge in [0.15, 0.2) is 6.33 Å². The van der Waals surface area contributed by atoms with Crippen molar-refractivity contribution in [2.45, 2.75) is 38.8 Å². The largest absolute Gasteiger partial charge is 0.337 e. The Morgan fingerprint density at radius 2 is 2.00 bits per heavy atom. The number of carbonyl (C=O) groups excluding carboxylic acids is 1. The van der Waals surface area contributed by atoms with Gasteiger partial charge in [-0.25, -0.2) is 9.67 Å². The third kappa shape index (κ3) is 4.09. The summed E-state index contributed by atoms with van der Waals surface area (Å²) in [4.78, 5) is 20.7. The van der Waals surface area contributed by atoms with Crippen molar-refractivity contribution in [2.75, 3.05) is 0 Å². The minimum absolute atomic E-state index is 0.104. The van der Waals surface area contributed by atoms with Gasteiger partial charge in [-0.05, 0) is 26.3 Å². The maximum Gasteiger partial charge on any atom is 0.291 e. The summed E-state index contributed by atoms with van der Waals surface area (Å²) >= 11 is 0. The summed E-state index contributed by atoms with van der Waals surface area (Å²) in [5.74, 6) is 0.0575. The van der Waals surface area contributed by atoms with Crippen LogP contribution in [-0.4, -0.2) is 30.8 Å². The molecule has 0 fully saturated rings. The number of amides is 1. The molecular formula is C17H20N6O2. The molecule has 8 heteroatoms. The van der Waals surface area contributed by atoms with Crippen LogP contribution >= 0.6 is 0 Å². The van der Waals surface area contributed by atoms with Gasteiger partial charge in [0.05, 0.1) is 5.54 Å². The standard InChI is InChI=1S/C17H20N6O2/c1-17(2,3)23-11-19-14(22-23)15(24)21-13(16-18-10-20-25-16)9-12-7-5-4-6-8-12/h4-8,10-11,13H,9H2,1-3H3,(H,21,24). The average Bonchev–Trinajstić information content (AvgIpc) is 3.26. The van der Waals surface area contributed by atoms with Gasteiger partial charge >= 0.3 is 0 Å². The molecule has 0 aliphatic heterocycles. The zero-order valence-electron chi connectivity index (χ0n) is 14.4. The van der Waals surface area contributed by atoms with Gasteiger partial charge in [-0.3, -0.25) is 4.79 Å². The molecule has 3 aromatic rings. The van der Waals surface area contributed by atoms with Gasteiger partial charge in [0.2, 0.25) is 11.7 Å². The SMILES string of the molecule is CC(C)(C)n1cnc(C(=O)NC(Cc2ccccc2)c2ncno2)n1. The maximum atomic E-state index is 12.5. The smallest absolute Gasteiger partial charge is 0.291 e. The van der Waals surface area contributed by atoms with Crippen molar-refractivity contribution in [3.8, 4) is 0 Å². The van der Waals surface area contributed by atoms with Crippen LogP contribution in [0.1, 0.15) is 48.9 Å². The van der Waals surface area contributed by atoms with E-state index in [0.29, 0.717) is 12.3 Å². The number of carbonyl (C=O) groups is 1. The van der Waals surface area contributed by atoms with Crippen LogP contribution in [0.25, 0.3) is 0 Å². The normalized spacial score (nSPS) is 12.8. The third-order valence-corrected chi connectivity index (χ3v) is 3.65. The van der Waals surface area contributed by atoms with E-state index in [2.05, 4.69) is 25.5 Å². The number of nitrogens with one attached hydrogen (secondary N) is 1. The van der Waals surface area contributed by atoms with Crippen molar-refractivity contribution < 1.29 is 9.32 Å². The monoisotopic (exact) mass is 340 g/mol. The van der Waals surface area contributed by atoms with Crippen LogP contribution in [-0.2, 0) is 12.0 Å². The van der Waals surface area contributed by atoms with E-state index >= 15 is 0 Å². The highest BCUT2D eigenvalue weighted by Gasteiger charge is 2.24. The molecule has 0 saturated carbocycles. The average molecular weight is 340 g/mol. The van der Waals surface area contributed by atoms with Gasteiger partial charge in [0.1, 0.15) is 12.4 Å². The molecule has 1 N–H and O–H groups in total. The van der Waals surface area contributed by atoms with E-state index in [-0.39, 0.29) is 17.3 Å². The zero-order chi connectivity index (χ0) is 17.9. The van der Waals surface area contributed by atoms with Crippen molar-refractivity contribution >= 4 is 5.91 Å². The number of benzene rings is 1. The molecule has 0 bridgehead atoms. The van der Waals surface area contributed by atoms with Crippen LogP contribution in [0.2, 0.25) is 0 Å². The topological polar surface area (TPSA) is 98.7 Å². The van der Waals surface area contributed by atoms with E-state index < -0.39 is 6.04 Å². The summed E-state index contributed by atoms with van der Waals surface area (Å²) in [6.45, 7) is 5.96. The minimum Gasteiger partial charge on any atom is -0.337 e. The van der Waals surface area contributed by atoms with Gasteiger partial charge in [0.25, 0.3) is 5.91 Å². The molecule has 25 heavy (non-hydrogen) atoms. The second kappa shape index (κ2) is 6.84. The van der Waals surface area contributed by atoms with Crippen LogP contribution in [0, 0.1) is 0 Å². The first-order valence-electron chi connectivity index (χ1n) is 7.97. The summed E-state index contributed by atoms with van der Waals surface area (Å²) in [6.07, 6.45) is 3.38. The van der Waals surface area contributed by atoms with Crippen molar-refractivity contribution in [3.05, 3.63) is 60.3 Å². The fourth-order valence-electron chi connectivity index (χ4n) is 2.30. The number of hydrogen-bond donors (Lipinski definition) is 1. The van der Waals surface area contributed by atoms with Crippen molar-refractivity contribution in [2.24, 2.45) is 0 Å². The molecule has 0 aliphatic rings. The molecule has 3 rings (SSSR count). The zero-order valence-corrected chi connectivity index (χ0v) is 14.4. The molecule has 1 aromatic carbocycles. The summed E-state index contributed by atoms with van der Waals surface area (Å²) < 4.78 is 6.80. The van der Waals surface area contributed by atoms with Crippen molar-refractivity contribution in [1.29, 1.82) is 0 Å². The molecule has 0 aliphatic carbocycles. The van der Waals surface area contributed by atoms with Gasteiger partial charge in [-0.1, -0.05) is 35.5 Å². The van der Waals surface area contributed by atoms with Crippen LogP contribution in [0.5, 0.6) is 0 Å². The van der Waals surface area contributed by atoms with Gasteiger partial charge < -0.3 is 9.84 Å². The molecule has 2 aromatic heterocycles. The molecule has 8 nitrogen and oxygen atoms in total. The Morgan fingerprint density at radius 3 is 2.60 bits per heavy atom. The molecule has 1 unspecified atom stereocenters. The Morgan fingerprint density at radius 1 is 1.24 bits per heavy atom. The van der Waals surface area contributed by atoms with Crippen LogP contribution in [0.3, 0.4) is 0 Å². The van der Waals surface area contributed by atoms with E-state index in [9.17, 15) is 4.79 Å². The fraction of sp³-hybridized carbons (Fsp3) is 0.353.